The Morgan fingerprint density at radius 1 is 1.00 bits per heavy atom. The molecule has 1 heterocycles. The summed E-state index contributed by atoms with van der Waals surface area (Å²) in [6.45, 7) is 2.11. The highest BCUT2D eigenvalue weighted by Gasteiger charge is 2.10. The van der Waals surface area contributed by atoms with Gasteiger partial charge in [-0.05, 0) is 30.7 Å². The van der Waals surface area contributed by atoms with Crippen molar-refractivity contribution >= 4 is 10.9 Å². The first-order valence-corrected chi connectivity index (χ1v) is 6.40. The Kier molecular flexibility index (Phi) is 2.79. The van der Waals surface area contributed by atoms with Crippen molar-refractivity contribution in [2.45, 2.75) is 6.92 Å². The Labute approximate surface area is 113 Å². The molecule has 0 aliphatic heterocycles. The summed E-state index contributed by atoms with van der Waals surface area (Å²) >= 11 is 0. The van der Waals surface area contributed by atoms with Crippen LogP contribution in [-0.4, -0.2) is 11.7 Å². The maximum atomic E-state index is 5.44. The zero-order chi connectivity index (χ0) is 13.4. The molecule has 2 nitrogen and oxygen atoms in total. The van der Waals surface area contributed by atoms with Crippen LogP contribution in [0.4, 0.5) is 0 Å². The lowest BCUT2D eigenvalue weighted by Gasteiger charge is -2.05. The fourth-order valence-corrected chi connectivity index (χ4v) is 2.51. The fraction of sp³-hybridized carbons (Fsp3) is 0.176. The number of hydrogen-bond acceptors (Lipinski definition) is 1. The van der Waals surface area contributed by atoms with Gasteiger partial charge in [0, 0.05) is 18.1 Å². The number of benzene rings is 2. The van der Waals surface area contributed by atoms with Gasteiger partial charge in [0.05, 0.1) is 12.6 Å². The van der Waals surface area contributed by atoms with E-state index >= 15 is 0 Å². The van der Waals surface area contributed by atoms with Crippen molar-refractivity contribution in [2.24, 2.45) is 7.05 Å². The zero-order valence-electron chi connectivity index (χ0n) is 11.5. The molecule has 3 aromatic rings. The predicted molar refractivity (Wildman–Crippen MR) is 79.6 cm³/mol. The summed E-state index contributed by atoms with van der Waals surface area (Å²) in [5.41, 5.74) is 4.90. The van der Waals surface area contributed by atoms with E-state index < -0.39 is 0 Å². The number of rotatable bonds is 2. The molecule has 96 valence electrons. The monoisotopic (exact) mass is 251 g/mol. The molecule has 0 unspecified atom stereocenters. The molecule has 0 spiro atoms. The van der Waals surface area contributed by atoms with Gasteiger partial charge in [-0.2, -0.15) is 0 Å². The Hall–Kier alpha value is -2.22. The Morgan fingerprint density at radius 2 is 1.74 bits per heavy atom. The van der Waals surface area contributed by atoms with Crippen LogP contribution in [0, 0.1) is 6.92 Å². The number of fused-ring (bicyclic) bond motifs is 1. The molecule has 0 aliphatic carbocycles. The number of aryl methyl sites for hydroxylation is 2. The molecule has 1 aromatic heterocycles. The van der Waals surface area contributed by atoms with Crippen LogP contribution < -0.4 is 4.74 Å². The van der Waals surface area contributed by atoms with Crippen LogP contribution >= 0.6 is 0 Å². The lowest BCUT2D eigenvalue weighted by atomic mass is 10.1. The topological polar surface area (TPSA) is 14.2 Å². The van der Waals surface area contributed by atoms with E-state index in [-0.39, 0.29) is 0 Å². The Morgan fingerprint density at radius 3 is 2.42 bits per heavy atom. The Balaban J connectivity index is 2.25. The minimum Gasteiger partial charge on any atom is -0.496 e. The van der Waals surface area contributed by atoms with Gasteiger partial charge in [0.15, 0.2) is 0 Å². The van der Waals surface area contributed by atoms with Crippen LogP contribution in [0.25, 0.3) is 22.2 Å². The molecule has 19 heavy (non-hydrogen) atoms. The number of hydrogen-bond donors (Lipinski definition) is 0. The van der Waals surface area contributed by atoms with E-state index in [9.17, 15) is 0 Å². The summed E-state index contributed by atoms with van der Waals surface area (Å²) in [5.74, 6) is 0.923. The highest BCUT2D eigenvalue weighted by atomic mass is 16.5. The van der Waals surface area contributed by atoms with E-state index in [1.807, 2.05) is 12.1 Å². The first-order valence-electron chi connectivity index (χ1n) is 6.40. The standard InChI is InChI=1S/C17H17NO/c1-12-7-9-13(10-8-12)16-11-14-15(18(16)2)5-4-6-17(14)19-3/h4-11H,1-3H3. The molecular weight excluding hydrogens is 234 g/mol. The van der Waals surface area contributed by atoms with Crippen molar-refractivity contribution in [1.82, 2.24) is 4.57 Å². The van der Waals surface area contributed by atoms with Crippen LogP contribution in [0.3, 0.4) is 0 Å². The average Bonchev–Trinajstić information content (AvgIpc) is 2.77. The van der Waals surface area contributed by atoms with Gasteiger partial charge >= 0.3 is 0 Å². The third kappa shape index (κ3) is 1.89. The first kappa shape index (κ1) is 11.8. The summed E-state index contributed by atoms with van der Waals surface area (Å²) in [6, 6.07) is 17.0. The Bertz CT molecular complexity index is 723. The largest absolute Gasteiger partial charge is 0.496 e. The van der Waals surface area contributed by atoms with E-state index in [2.05, 4.69) is 54.9 Å². The molecule has 2 heteroatoms. The number of aromatic nitrogens is 1. The summed E-state index contributed by atoms with van der Waals surface area (Å²) < 4.78 is 7.65. The molecule has 3 rings (SSSR count). The lowest BCUT2D eigenvalue weighted by Crippen LogP contribution is -1.91. The minimum atomic E-state index is 0.923. The highest BCUT2D eigenvalue weighted by molar-refractivity contribution is 5.91. The lowest BCUT2D eigenvalue weighted by molar-refractivity contribution is 0.420. The maximum absolute atomic E-state index is 5.44. The third-order valence-corrected chi connectivity index (χ3v) is 3.61. The molecule has 0 fully saturated rings. The average molecular weight is 251 g/mol. The molecule has 0 atom stereocenters. The maximum Gasteiger partial charge on any atom is 0.128 e. The third-order valence-electron chi connectivity index (χ3n) is 3.61. The molecule has 0 radical (unpaired) electrons. The summed E-state index contributed by atoms with van der Waals surface area (Å²) in [5, 5.41) is 1.16. The van der Waals surface area contributed by atoms with E-state index in [4.69, 9.17) is 4.74 Å². The molecule has 0 aliphatic rings. The fourth-order valence-electron chi connectivity index (χ4n) is 2.51. The second kappa shape index (κ2) is 4.47. The van der Waals surface area contributed by atoms with E-state index in [1.54, 1.807) is 7.11 Å². The van der Waals surface area contributed by atoms with Crippen molar-refractivity contribution in [3.8, 4) is 17.0 Å². The van der Waals surface area contributed by atoms with Gasteiger partial charge in [-0.1, -0.05) is 35.9 Å². The quantitative estimate of drug-likeness (QED) is 0.667. The molecule has 0 N–H and O–H groups in total. The second-order valence-electron chi connectivity index (χ2n) is 4.85. The van der Waals surface area contributed by atoms with Gasteiger partial charge in [-0.15, -0.1) is 0 Å². The van der Waals surface area contributed by atoms with Crippen molar-refractivity contribution < 1.29 is 4.74 Å². The zero-order valence-corrected chi connectivity index (χ0v) is 11.5. The predicted octanol–water partition coefficient (Wildman–Crippen LogP) is 4.16. The van der Waals surface area contributed by atoms with Crippen LogP contribution in [0.1, 0.15) is 5.56 Å². The summed E-state index contributed by atoms with van der Waals surface area (Å²) in [7, 11) is 3.81. The second-order valence-corrected chi connectivity index (χ2v) is 4.85. The van der Waals surface area contributed by atoms with Crippen molar-refractivity contribution in [3.63, 3.8) is 0 Å². The molecule has 0 amide bonds. The molecular formula is C17H17NO. The van der Waals surface area contributed by atoms with Gasteiger partial charge in [-0.3, -0.25) is 0 Å². The smallest absolute Gasteiger partial charge is 0.128 e. The minimum absolute atomic E-state index is 0.923. The first-order chi connectivity index (χ1) is 9.20. The van der Waals surface area contributed by atoms with Crippen molar-refractivity contribution in [2.75, 3.05) is 7.11 Å². The van der Waals surface area contributed by atoms with E-state index in [1.165, 1.54) is 22.3 Å². The number of nitrogens with zero attached hydrogens (tertiary/aromatic N) is 1. The van der Waals surface area contributed by atoms with Gasteiger partial charge in [-0.25, -0.2) is 0 Å². The number of methoxy groups -OCH3 is 1. The highest BCUT2D eigenvalue weighted by Crippen LogP contribution is 2.32. The van der Waals surface area contributed by atoms with Gasteiger partial charge in [0.25, 0.3) is 0 Å². The van der Waals surface area contributed by atoms with E-state index in [0.717, 1.165) is 11.1 Å². The van der Waals surface area contributed by atoms with Crippen LogP contribution in [0.15, 0.2) is 48.5 Å². The molecule has 0 saturated carbocycles. The summed E-state index contributed by atoms with van der Waals surface area (Å²) in [6.07, 6.45) is 0. The molecule has 0 bridgehead atoms. The van der Waals surface area contributed by atoms with Crippen LogP contribution in [-0.2, 0) is 7.05 Å². The van der Waals surface area contributed by atoms with Gasteiger partial charge in [0.2, 0.25) is 0 Å². The van der Waals surface area contributed by atoms with Crippen molar-refractivity contribution in [3.05, 3.63) is 54.1 Å². The molecule has 2 aromatic carbocycles. The van der Waals surface area contributed by atoms with Crippen LogP contribution in [0.5, 0.6) is 5.75 Å². The van der Waals surface area contributed by atoms with E-state index in [0.29, 0.717) is 0 Å². The van der Waals surface area contributed by atoms with Crippen LogP contribution in [0.2, 0.25) is 0 Å². The van der Waals surface area contributed by atoms with Gasteiger partial charge in [0.1, 0.15) is 5.75 Å². The molecule has 0 saturated heterocycles. The van der Waals surface area contributed by atoms with Gasteiger partial charge < -0.3 is 9.30 Å². The normalized spacial score (nSPS) is 10.9. The number of ether oxygens (including phenoxy) is 1. The summed E-state index contributed by atoms with van der Waals surface area (Å²) in [4.78, 5) is 0. The van der Waals surface area contributed by atoms with Crippen molar-refractivity contribution in [1.29, 1.82) is 0 Å². The SMILES string of the molecule is COc1cccc2c1cc(-c1ccc(C)cc1)n2C.